The molecule has 0 amide bonds. The van der Waals surface area contributed by atoms with E-state index in [1.165, 1.54) is 0 Å². The molecular formula is C43H66N2O11. The van der Waals surface area contributed by atoms with Crippen molar-refractivity contribution in [2.24, 2.45) is 29.4 Å². The number of carbonyl (C=O) groups is 1. The van der Waals surface area contributed by atoms with Gasteiger partial charge in [0.15, 0.2) is 12.1 Å². The molecule has 5 N–H and O–H groups in total. The van der Waals surface area contributed by atoms with Crippen molar-refractivity contribution in [3.63, 3.8) is 0 Å². The zero-order valence-electron chi connectivity index (χ0n) is 34.6. The summed E-state index contributed by atoms with van der Waals surface area (Å²) >= 11 is 0. The molecule has 3 saturated heterocycles. The van der Waals surface area contributed by atoms with E-state index in [2.05, 4.69) is 32.9 Å². The van der Waals surface area contributed by atoms with Gasteiger partial charge < -0.3 is 54.3 Å². The smallest absolute Gasteiger partial charge is 0.316 e. The number of carbonyl (C=O) groups excluding carboxylic acids is 1. The predicted molar refractivity (Wildman–Crippen MR) is 208 cm³/mol. The fourth-order valence-electron chi connectivity index (χ4n) is 9.87. The first-order valence-electron chi connectivity index (χ1n) is 20.5. The van der Waals surface area contributed by atoms with Crippen LogP contribution in [0.3, 0.4) is 0 Å². The Labute approximate surface area is 332 Å². The number of nitrogens with zero attached hydrogens (tertiary/aromatic N) is 1. The molecule has 13 heteroatoms. The molecule has 314 valence electrons. The van der Waals surface area contributed by atoms with Gasteiger partial charge in [-0.2, -0.15) is 5.06 Å². The average molecular weight is 787 g/mol. The summed E-state index contributed by atoms with van der Waals surface area (Å²) in [7, 11) is 3.15. The summed E-state index contributed by atoms with van der Waals surface area (Å²) in [4.78, 5) is 14.3. The Bertz CT molecular complexity index is 1580. The van der Waals surface area contributed by atoms with Crippen molar-refractivity contribution >= 4 is 5.97 Å². The minimum atomic E-state index is -1.83. The third kappa shape index (κ3) is 7.91. The highest BCUT2D eigenvalue weighted by Gasteiger charge is 2.60. The van der Waals surface area contributed by atoms with Gasteiger partial charge in [-0.25, -0.2) is 0 Å². The van der Waals surface area contributed by atoms with E-state index in [4.69, 9.17) is 38.9 Å². The molecule has 1 aliphatic carbocycles. The summed E-state index contributed by atoms with van der Waals surface area (Å²) in [5, 5.41) is 35.4. The molecule has 6 aliphatic rings. The van der Waals surface area contributed by atoms with Crippen LogP contribution in [0.5, 0.6) is 0 Å². The quantitative estimate of drug-likeness (QED) is 0.162. The van der Waals surface area contributed by atoms with Crippen molar-refractivity contribution in [3.05, 3.63) is 59.3 Å². The molecule has 0 saturated carbocycles. The number of aliphatic hydroxyl groups excluding tert-OH is 1. The monoisotopic (exact) mass is 786 g/mol. The van der Waals surface area contributed by atoms with Gasteiger partial charge in [-0.05, 0) is 55.9 Å². The van der Waals surface area contributed by atoms with Crippen LogP contribution in [0.1, 0.15) is 80.6 Å². The number of ether oxygens (including phenoxy) is 7. The summed E-state index contributed by atoms with van der Waals surface area (Å²) < 4.78 is 45.2. The molecular weight excluding hydrogens is 720 g/mol. The Hall–Kier alpha value is -2.27. The largest absolute Gasteiger partial charge is 0.462 e. The van der Waals surface area contributed by atoms with E-state index in [0.29, 0.717) is 36.8 Å². The summed E-state index contributed by atoms with van der Waals surface area (Å²) in [5.74, 6) is -2.55. The third-order valence-corrected chi connectivity index (χ3v) is 13.6. The number of esters is 1. The maximum Gasteiger partial charge on any atom is 0.316 e. The van der Waals surface area contributed by atoms with Crippen molar-refractivity contribution < 1.29 is 53.4 Å². The molecule has 6 rings (SSSR count). The van der Waals surface area contributed by atoms with E-state index in [0.717, 1.165) is 17.1 Å². The van der Waals surface area contributed by atoms with Gasteiger partial charge in [-0.1, -0.05) is 70.6 Å². The lowest BCUT2D eigenvalue weighted by molar-refractivity contribution is -0.311. The van der Waals surface area contributed by atoms with Crippen LogP contribution < -0.4 is 5.73 Å². The molecule has 5 heterocycles. The second-order valence-corrected chi connectivity index (χ2v) is 17.2. The zero-order chi connectivity index (χ0) is 40.7. The number of rotatable bonds is 7. The van der Waals surface area contributed by atoms with E-state index >= 15 is 0 Å². The van der Waals surface area contributed by atoms with Crippen LogP contribution >= 0.6 is 0 Å². The fourth-order valence-corrected chi connectivity index (χ4v) is 9.87. The summed E-state index contributed by atoms with van der Waals surface area (Å²) in [5.41, 5.74) is 5.38. The zero-order valence-corrected chi connectivity index (χ0v) is 34.6. The number of allylic oxidation sites excluding steroid dienone is 2. The van der Waals surface area contributed by atoms with E-state index < -0.39 is 71.7 Å². The Morgan fingerprint density at radius 2 is 1.84 bits per heavy atom. The number of hydrogen-bond donors (Lipinski definition) is 4. The molecule has 5 aliphatic heterocycles. The molecule has 16 atom stereocenters. The van der Waals surface area contributed by atoms with Crippen molar-refractivity contribution in [3.8, 4) is 0 Å². The molecule has 13 nitrogen and oxygen atoms in total. The average Bonchev–Trinajstić information content (AvgIpc) is 3.50. The van der Waals surface area contributed by atoms with Gasteiger partial charge in [0.1, 0.15) is 35.4 Å². The first kappa shape index (κ1) is 43.3. The van der Waals surface area contributed by atoms with Crippen molar-refractivity contribution in [2.75, 3.05) is 27.3 Å². The number of hydroxylamine groups is 2. The van der Waals surface area contributed by atoms with Crippen molar-refractivity contribution in [2.45, 2.75) is 153 Å². The van der Waals surface area contributed by atoms with E-state index in [-0.39, 0.29) is 43.1 Å². The number of hydrogen-bond acceptors (Lipinski definition) is 13. The third-order valence-electron chi connectivity index (χ3n) is 13.6. The molecule has 2 unspecified atom stereocenters. The predicted octanol–water partition coefficient (Wildman–Crippen LogP) is 4.50. The van der Waals surface area contributed by atoms with Crippen molar-refractivity contribution in [1.82, 2.24) is 5.06 Å². The van der Waals surface area contributed by atoms with Gasteiger partial charge in [0.05, 0.1) is 37.1 Å². The minimum Gasteiger partial charge on any atom is -0.462 e. The highest BCUT2D eigenvalue weighted by molar-refractivity contribution is 5.78. The number of fused-ring (bicyclic) bond motifs is 2. The lowest BCUT2D eigenvalue weighted by atomic mass is 9.71. The normalized spacial score (nSPS) is 47.6. The number of nitrogens with two attached hydrogens (primary N) is 1. The summed E-state index contributed by atoms with van der Waals surface area (Å²) in [6, 6.07) is 0. The molecule has 0 aromatic carbocycles. The van der Waals surface area contributed by atoms with Crippen molar-refractivity contribution in [1.29, 1.82) is 0 Å². The first-order valence-corrected chi connectivity index (χ1v) is 20.5. The topological polar surface area (TPSA) is 172 Å². The number of aliphatic hydroxyl groups is 2. The van der Waals surface area contributed by atoms with Crippen LogP contribution in [0.4, 0.5) is 0 Å². The lowest BCUT2D eigenvalue weighted by Gasteiger charge is -2.51. The molecule has 2 bridgehead atoms. The maximum atomic E-state index is 14.3. The van der Waals surface area contributed by atoms with Gasteiger partial charge in [0.25, 0.3) is 0 Å². The highest BCUT2D eigenvalue weighted by Crippen LogP contribution is 2.47. The number of likely N-dealkylation sites (N-methyl/N-ethyl adjacent to an activating group) is 1. The molecule has 1 spiro atoms. The molecule has 0 radical (unpaired) electrons. The standard InChI is InChI=1S/C43H66N2O11/c1-10-24(2)38-27(5)16-17-41(56-38)21-32-19-31(55-41)15-14-26(4)37(54-35-20-34(50-9)42(23-44,45(8)49)29(7)52-35)25(3)12-11-13-30-22-51-39-36(46)28(6)18-33(40(47)53-32)43(30,39)48/h11-14,16-18,24-25,27,29,31-39,46,48-49H,10,15,19-23,44H2,1-9H3/b12-11+,26-14+,30-13+/t24?,25-,27-,29-,31+,32-,33-,34-,35-,36+,37-,38+,39?,41+,42+,43+/m0/s1. The molecule has 56 heavy (non-hydrogen) atoms. The number of methoxy groups -OCH3 is 1. The maximum absolute atomic E-state index is 14.3. The van der Waals surface area contributed by atoms with E-state index in [1.807, 2.05) is 39.0 Å². The van der Waals surface area contributed by atoms with Gasteiger partial charge in [0.2, 0.25) is 0 Å². The lowest BCUT2D eigenvalue weighted by Crippen LogP contribution is -2.70. The summed E-state index contributed by atoms with van der Waals surface area (Å²) in [6.07, 6.45) is 10.6. The van der Waals surface area contributed by atoms with Gasteiger partial charge in [-0.15, -0.1) is 0 Å². The van der Waals surface area contributed by atoms with Crippen LogP contribution in [0.25, 0.3) is 0 Å². The Morgan fingerprint density at radius 1 is 1.09 bits per heavy atom. The Balaban J connectivity index is 1.38. The van der Waals surface area contributed by atoms with Gasteiger partial charge in [0, 0.05) is 51.8 Å². The second-order valence-electron chi connectivity index (χ2n) is 17.2. The van der Waals surface area contributed by atoms with Crippen LogP contribution in [0.2, 0.25) is 0 Å². The van der Waals surface area contributed by atoms with Crippen LogP contribution in [0.15, 0.2) is 59.3 Å². The molecule has 3 fully saturated rings. The minimum absolute atomic E-state index is 0.0331. The second kappa shape index (κ2) is 17.1. The molecule has 0 aromatic rings. The van der Waals surface area contributed by atoms with E-state index in [9.17, 15) is 20.2 Å². The molecule has 0 aromatic heterocycles. The van der Waals surface area contributed by atoms with Crippen LogP contribution in [-0.2, 0) is 38.0 Å². The van der Waals surface area contributed by atoms with Gasteiger partial charge in [-0.3, -0.25) is 4.79 Å². The fraction of sp³-hybridized carbons (Fsp3) is 0.744. The van der Waals surface area contributed by atoms with E-state index in [1.54, 1.807) is 33.2 Å². The van der Waals surface area contributed by atoms with Crippen LogP contribution in [-0.4, -0.2) is 126 Å². The highest BCUT2D eigenvalue weighted by atomic mass is 16.7. The summed E-state index contributed by atoms with van der Waals surface area (Å²) in [6.45, 7) is 14.3. The first-order chi connectivity index (χ1) is 26.5. The SMILES string of the molecule is CCC(C)[C@H]1O[C@]2(C=C[C@@H]1C)C[C@@H]1C[C@@H](C/C=C(\C)[C@@H](O[C@H]3C[C@H](OC)[C@](CN)(N(C)O)[C@H](C)O3)[C@@H](C)/C=C/C=C3\COC4[C@H](O)C(C)=C[C@@H](C(=O)O1)[C@]34O)O2. The Kier molecular flexibility index (Phi) is 13.3. The van der Waals surface area contributed by atoms with Crippen LogP contribution in [0, 0.1) is 23.7 Å². The Morgan fingerprint density at radius 3 is 2.52 bits per heavy atom. The van der Waals surface area contributed by atoms with Gasteiger partial charge >= 0.3 is 5.97 Å².